The van der Waals surface area contributed by atoms with Crippen LogP contribution >= 0.6 is 23.2 Å². The van der Waals surface area contributed by atoms with Gasteiger partial charge in [-0.05, 0) is 18.1 Å². The van der Waals surface area contributed by atoms with E-state index in [0.29, 0.717) is 22.5 Å². The summed E-state index contributed by atoms with van der Waals surface area (Å²) in [6, 6.07) is 4.26. The molecule has 0 saturated heterocycles. The highest BCUT2D eigenvalue weighted by Gasteiger charge is 2.16. The number of hydrogen-bond donors (Lipinski definition) is 0. The predicted molar refractivity (Wildman–Crippen MR) is 74.5 cm³/mol. The number of halogens is 2. The first-order valence-corrected chi connectivity index (χ1v) is 6.74. The lowest BCUT2D eigenvalue weighted by molar-refractivity contribution is 0.572. The summed E-state index contributed by atoms with van der Waals surface area (Å²) in [7, 11) is 0. The quantitative estimate of drug-likeness (QED) is 0.616. The molecule has 1 aromatic heterocycles. The first-order chi connectivity index (χ1) is 8.78. The number of anilines is 1. The molecule has 0 saturated carbocycles. The van der Waals surface area contributed by atoms with Gasteiger partial charge < -0.3 is 9.32 Å². The summed E-state index contributed by atoms with van der Waals surface area (Å²) in [5.74, 6) is 0.378. The van der Waals surface area contributed by atoms with Crippen LogP contribution in [0, 0.1) is 0 Å². The highest BCUT2D eigenvalue weighted by molar-refractivity contribution is 6.31. The molecule has 0 spiro atoms. The Bertz CT molecular complexity index is 606. The van der Waals surface area contributed by atoms with Crippen LogP contribution in [-0.4, -0.2) is 18.1 Å². The second-order valence-corrected chi connectivity index (χ2v) is 4.95. The highest BCUT2D eigenvalue weighted by Crippen LogP contribution is 2.29. The average molecular weight is 283 g/mol. The van der Waals surface area contributed by atoms with Gasteiger partial charge in [0.25, 0.3) is 6.01 Å². The van der Waals surface area contributed by atoms with Gasteiger partial charge in [-0.1, -0.05) is 23.8 Å². The summed E-state index contributed by atoms with van der Waals surface area (Å²) < 4.78 is 5.77. The van der Waals surface area contributed by atoms with Gasteiger partial charge in [0, 0.05) is 30.1 Å². The van der Waals surface area contributed by atoms with E-state index >= 15 is 0 Å². The third-order valence-electron chi connectivity index (χ3n) is 3.00. The molecule has 2 heterocycles. The van der Waals surface area contributed by atoms with Crippen molar-refractivity contribution in [2.75, 3.05) is 18.0 Å². The minimum Gasteiger partial charge on any atom is -0.423 e. The normalized spacial score (nSPS) is 15.6. The summed E-state index contributed by atoms with van der Waals surface area (Å²) in [5.41, 5.74) is 2.41. The third-order valence-corrected chi connectivity index (χ3v) is 3.51. The first kappa shape index (κ1) is 11.9. The van der Waals surface area contributed by atoms with Crippen molar-refractivity contribution in [3.8, 4) is 0 Å². The third kappa shape index (κ3) is 2.08. The Morgan fingerprint density at radius 1 is 1.33 bits per heavy atom. The zero-order valence-corrected chi connectivity index (χ0v) is 11.2. The molecule has 3 nitrogen and oxygen atoms in total. The van der Waals surface area contributed by atoms with E-state index in [1.807, 2.05) is 6.07 Å². The van der Waals surface area contributed by atoms with Crippen LogP contribution in [0.15, 0.2) is 28.7 Å². The Morgan fingerprint density at radius 3 is 2.94 bits per heavy atom. The molecule has 0 N–H and O–H groups in total. The molecule has 18 heavy (non-hydrogen) atoms. The SMILES string of the molecule is ClCc1cc(Cl)cc2oc(N3CC=CCC3)nc12. The molecule has 0 amide bonds. The Hall–Kier alpha value is -1.19. The number of oxazole rings is 1. The molecule has 0 radical (unpaired) electrons. The molecule has 0 aliphatic carbocycles. The number of aromatic nitrogens is 1. The maximum absolute atomic E-state index is 6.03. The minimum atomic E-state index is 0.378. The second-order valence-electron chi connectivity index (χ2n) is 4.25. The molecular weight excluding hydrogens is 271 g/mol. The van der Waals surface area contributed by atoms with Crippen LogP contribution in [-0.2, 0) is 5.88 Å². The van der Waals surface area contributed by atoms with Gasteiger partial charge in [-0.2, -0.15) is 4.98 Å². The van der Waals surface area contributed by atoms with Crippen molar-refractivity contribution in [1.82, 2.24) is 4.98 Å². The molecular formula is C13H12Cl2N2O. The average Bonchev–Trinajstić information content (AvgIpc) is 2.82. The van der Waals surface area contributed by atoms with Crippen LogP contribution in [0.25, 0.3) is 11.1 Å². The summed E-state index contributed by atoms with van der Waals surface area (Å²) in [6.45, 7) is 1.75. The zero-order chi connectivity index (χ0) is 12.5. The first-order valence-electron chi connectivity index (χ1n) is 5.83. The van der Waals surface area contributed by atoms with Gasteiger partial charge in [-0.25, -0.2) is 0 Å². The maximum Gasteiger partial charge on any atom is 0.298 e. The number of rotatable bonds is 2. The number of alkyl halides is 1. The van der Waals surface area contributed by atoms with E-state index in [9.17, 15) is 0 Å². The number of fused-ring (bicyclic) bond motifs is 1. The molecule has 0 atom stereocenters. The lowest BCUT2D eigenvalue weighted by Gasteiger charge is -2.20. The van der Waals surface area contributed by atoms with Crippen LogP contribution in [0.5, 0.6) is 0 Å². The topological polar surface area (TPSA) is 29.3 Å². The van der Waals surface area contributed by atoms with Gasteiger partial charge in [0.1, 0.15) is 5.52 Å². The zero-order valence-electron chi connectivity index (χ0n) is 9.70. The van der Waals surface area contributed by atoms with E-state index in [0.717, 1.165) is 30.6 Å². The van der Waals surface area contributed by atoms with Crippen molar-refractivity contribution in [3.05, 3.63) is 34.9 Å². The smallest absolute Gasteiger partial charge is 0.298 e. The summed E-state index contributed by atoms with van der Waals surface area (Å²) in [4.78, 5) is 6.63. The molecule has 1 aliphatic heterocycles. The van der Waals surface area contributed by atoms with E-state index in [1.165, 1.54) is 0 Å². The van der Waals surface area contributed by atoms with Crippen LogP contribution in [0.4, 0.5) is 6.01 Å². The van der Waals surface area contributed by atoms with Crippen LogP contribution < -0.4 is 4.90 Å². The van der Waals surface area contributed by atoms with E-state index in [2.05, 4.69) is 22.0 Å². The van der Waals surface area contributed by atoms with Crippen LogP contribution in [0.1, 0.15) is 12.0 Å². The molecule has 1 aromatic carbocycles. The Balaban J connectivity index is 2.07. The molecule has 3 rings (SSSR count). The van der Waals surface area contributed by atoms with Crippen molar-refractivity contribution in [1.29, 1.82) is 0 Å². The number of hydrogen-bond acceptors (Lipinski definition) is 3. The molecule has 0 unspecified atom stereocenters. The number of benzene rings is 1. The van der Waals surface area contributed by atoms with E-state index < -0.39 is 0 Å². The molecule has 1 aliphatic rings. The van der Waals surface area contributed by atoms with Crippen LogP contribution in [0.2, 0.25) is 5.02 Å². The van der Waals surface area contributed by atoms with Gasteiger partial charge in [0.2, 0.25) is 0 Å². The number of nitrogens with zero attached hydrogens (tertiary/aromatic N) is 2. The van der Waals surface area contributed by atoms with Crippen molar-refractivity contribution >= 4 is 40.3 Å². The van der Waals surface area contributed by atoms with Crippen molar-refractivity contribution < 1.29 is 4.42 Å². The molecule has 5 heteroatoms. The molecule has 94 valence electrons. The van der Waals surface area contributed by atoms with Gasteiger partial charge >= 0.3 is 0 Å². The van der Waals surface area contributed by atoms with E-state index in [4.69, 9.17) is 27.6 Å². The van der Waals surface area contributed by atoms with Crippen molar-refractivity contribution in [2.45, 2.75) is 12.3 Å². The lowest BCUT2D eigenvalue weighted by Crippen LogP contribution is -2.26. The highest BCUT2D eigenvalue weighted by atomic mass is 35.5. The fraction of sp³-hybridized carbons (Fsp3) is 0.308. The molecule has 0 bridgehead atoms. The summed E-state index contributed by atoms with van der Waals surface area (Å²) in [5, 5.41) is 0.624. The largest absolute Gasteiger partial charge is 0.423 e. The van der Waals surface area contributed by atoms with Crippen LogP contribution in [0.3, 0.4) is 0 Å². The monoisotopic (exact) mass is 282 g/mol. The van der Waals surface area contributed by atoms with Gasteiger partial charge in [-0.3, -0.25) is 0 Å². The molecule has 0 fully saturated rings. The minimum absolute atomic E-state index is 0.378. The summed E-state index contributed by atoms with van der Waals surface area (Å²) >= 11 is 11.9. The Labute approximate surface area is 115 Å². The Morgan fingerprint density at radius 2 is 2.22 bits per heavy atom. The van der Waals surface area contributed by atoms with Crippen molar-refractivity contribution in [2.24, 2.45) is 0 Å². The Kier molecular flexibility index (Phi) is 3.18. The summed E-state index contributed by atoms with van der Waals surface area (Å²) in [6.07, 6.45) is 5.30. The standard InChI is InChI=1S/C13H12Cl2N2O/c14-8-9-6-10(15)7-11-12(9)16-13(18-11)17-4-2-1-3-5-17/h1-2,6-7H,3-5,8H2. The van der Waals surface area contributed by atoms with E-state index in [-0.39, 0.29) is 0 Å². The second kappa shape index (κ2) is 4.82. The lowest BCUT2D eigenvalue weighted by atomic mass is 10.2. The van der Waals surface area contributed by atoms with Gasteiger partial charge in [0.15, 0.2) is 5.58 Å². The molecule has 2 aromatic rings. The maximum atomic E-state index is 6.03. The van der Waals surface area contributed by atoms with E-state index in [1.54, 1.807) is 6.07 Å². The van der Waals surface area contributed by atoms with Gasteiger partial charge in [-0.15, -0.1) is 11.6 Å². The predicted octanol–water partition coefficient (Wildman–Crippen LogP) is 3.99. The fourth-order valence-corrected chi connectivity index (χ4v) is 2.54. The van der Waals surface area contributed by atoms with Crippen molar-refractivity contribution in [3.63, 3.8) is 0 Å². The van der Waals surface area contributed by atoms with Gasteiger partial charge in [0.05, 0.1) is 0 Å². The fourth-order valence-electron chi connectivity index (χ4n) is 2.10.